The fraction of sp³-hybridized carbons (Fsp3) is 0.647. The molecule has 0 saturated heterocycles. The van der Waals surface area contributed by atoms with Crippen molar-refractivity contribution in [3.8, 4) is 5.75 Å². The quantitative estimate of drug-likeness (QED) is 0.882. The first-order valence-electron chi connectivity index (χ1n) is 7.59. The van der Waals surface area contributed by atoms with Gasteiger partial charge in [-0.15, -0.1) is 0 Å². The third kappa shape index (κ3) is 3.76. The van der Waals surface area contributed by atoms with Gasteiger partial charge in [0.25, 0.3) is 0 Å². The maximum Gasteiger partial charge on any atom is 0.133 e. The summed E-state index contributed by atoms with van der Waals surface area (Å²) in [5.74, 6) is 3.10. The van der Waals surface area contributed by atoms with Crippen molar-refractivity contribution >= 4 is 15.9 Å². The standard InChI is InChI=1S/C17H26BrNO/c1-11(2)13-5-6-16(19)14(10-13)8-12-4-7-17(20-3)15(18)9-12/h4,7,9,11,13-14,16H,5-6,8,10,19H2,1-3H3. The SMILES string of the molecule is COc1ccc(CC2CC(C(C)C)CCC2N)cc1Br. The van der Waals surface area contributed by atoms with Crippen molar-refractivity contribution < 1.29 is 4.74 Å². The number of halogens is 1. The predicted octanol–water partition coefficient (Wildman–Crippen LogP) is 4.40. The van der Waals surface area contributed by atoms with Crippen LogP contribution in [-0.2, 0) is 6.42 Å². The number of rotatable bonds is 4. The number of methoxy groups -OCH3 is 1. The molecule has 0 aliphatic heterocycles. The highest BCUT2D eigenvalue weighted by Gasteiger charge is 2.29. The van der Waals surface area contributed by atoms with Crippen molar-refractivity contribution in [1.29, 1.82) is 0 Å². The Hall–Kier alpha value is -0.540. The van der Waals surface area contributed by atoms with Crippen molar-refractivity contribution in [3.63, 3.8) is 0 Å². The zero-order valence-corrected chi connectivity index (χ0v) is 14.3. The van der Waals surface area contributed by atoms with Crippen LogP contribution in [-0.4, -0.2) is 13.2 Å². The lowest BCUT2D eigenvalue weighted by atomic mass is 9.72. The first-order valence-corrected chi connectivity index (χ1v) is 8.38. The van der Waals surface area contributed by atoms with Crippen LogP contribution in [0.15, 0.2) is 22.7 Å². The lowest BCUT2D eigenvalue weighted by Gasteiger charge is -2.36. The second-order valence-corrected chi connectivity index (χ2v) is 7.27. The molecule has 0 amide bonds. The molecular formula is C17H26BrNO. The number of benzene rings is 1. The Kier molecular flexibility index (Phi) is 5.50. The van der Waals surface area contributed by atoms with Crippen molar-refractivity contribution in [2.75, 3.05) is 7.11 Å². The van der Waals surface area contributed by atoms with Gasteiger partial charge in [0.1, 0.15) is 5.75 Å². The van der Waals surface area contributed by atoms with E-state index >= 15 is 0 Å². The van der Waals surface area contributed by atoms with Gasteiger partial charge in [0, 0.05) is 6.04 Å². The number of hydrogen-bond donors (Lipinski definition) is 1. The molecule has 1 fully saturated rings. The van der Waals surface area contributed by atoms with E-state index in [-0.39, 0.29) is 0 Å². The fourth-order valence-electron chi connectivity index (χ4n) is 3.30. The zero-order chi connectivity index (χ0) is 14.7. The first kappa shape index (κ1) is 15.8. The first-order chi connectivity index (χ1) is 9.51. The van der Waals surface area contributed by atoms with Crippen LogP contribution in [0.2, 0.25) is 0 Å². The molecule has 0 bridgehead atoms. The minimum Gasteiger partial charge on any atom is -0.496 e. The summed E-state index contributed by atoms with van der Waals surface area (Å²) in [5, 5.41) is 0. The molecule has 3 heteroatoms. The van der Waals surface area contributed by atoms with Crippen LogP contribution in [0.25, 0.3) is 0 Å². The molecule has 112 valence electrons. The van der Waals surface area contributed by atoms with Gasteiger partial charge in [-0.3, -0.25) is 0 Å². The van der Waals surface area contributed by atoms with Crippen LogP contribution in [0.3, 0.4) is 0 Å². The van der Waals surface area contributed by atoms with Gasteiger partial charge in [0.05, 0.1) is 11.6 Å². The van der Waals surface area contributed by atoms with Gasteiger partial charge >= 0.3 is 0 Å². The van der Waals surface area contributed by atoms with Gasteiger partial charge in [0.15, 0.2) is 0 Å². The summed E-state index contributed by atoms with van der Waals surface area (Å²) in [6.07, 6.45) is 4.81. The van der Waals surface area contributed by atoms with Crippen LogP contribution >= 0.6 is 15.9 Å². The van der Waals surface area contributed by atoms with Crippen LogP contribution in [0.4, 0.5) is 0 Å². The molecule has 3 unspecified atom stereocenters. The molecular weight excluding hydrogens is 314 g/mol. The van der Waals surface area contributed by atoms with E-state index in [0.717, 1.165) is 28.5 Å². The molecule has 1 aliphatic carbocycles. The van der Waals surface area contributed by atoms with Crippen LogP contribution < -0.4 is 10.5 Å². The van der Waals surface area contributed by atoms with E-state index in [1.807, 2.05) is 6.07 Å². The summed E-state index contributed by atoms with van der Waals surface area (Å²) in [7, 11) is 1.70. The molecule has 0 aromatic heterocycles. The number of hydrogen-bond acceptors (Lipinski definition) is 2. The maximum atomic E-state index is 6.35. The Labute approximate surface area is 131 Å². The average Bonchev–Trinajstić information content (AvgIpc) is 2.41. The van der Waals surface area contributed by atoms with Crippen molar-refractivity contribution in [2.24, 2.45) is 23.5 Å². The van der Waals surface area contributed by atoms with Gasteiger partial charge in [0.2, 0.25) is 0 Å². The molecule has 1 aromatic rings. The van der Waals surface area contributed by atoms with E-state index in [1.165, 1.54) is 24.8 Å². The van der Waals surface area contributed by atoms with E-state index in [2.05, 4.69) is 41.9 Å². The van der Waals surface area contributed by atoms with Crippen LogP contribution in [0.5, 0.6) is 5.75 Å². The minimum absolute atomic E-state index is 0.353. The van der Waals surface area contributed by atoms with Crippen LogP contribution in [0.1, 0.15) is 38.7 Å². The number of ether oxygens (including phenoxy) is 1. The van der Waals surface area contributed by atoms with Crippen molar-refractivity contribution in [3.05, 3.63) is 28.2 Å². The van der Waals surface area contributed by atoms with E-state index in [1.54, 1.807) is 7.11 Å². The molecule has 2 nitrogen and oxygen atoms in total. The predicted molar refractivity (Wildman–Crippen MR) is 88.0 cm³/mol. The third-order valence-electron chi connectivity index (χ3n) is 4.74. The summed E-state index contributed by atoms with van der Waals surface area (Å²) in [5.41, 5.74) is 7.70. The molecule has 0 radical (unpaired) electrons. The van der Waals surface area contributed by atoms with Gasteiger partial charge in [-0.25, -0.2) is 0 Å². The van der Waals surface area contributed by atoms with E-state index in [4.69, 9.17) is 10.5 Å². The normalized spacial score (nSPS) is 26.8. The molecule has 1 aromatic carbocycles. The molecule has 1 saturated carbocycles. The monoisotopic (exact) mass is 339 g/mol. The average molecular weight is 340 g/mol. The summed E-state index contributed by atoms with van der Waals surface area (Å²) in [6, 6.07) is 6.72. The highest BCUT2D eigenvalue weighted by molar-refractivity contribution is 9.10. The highest BCUT2D eigenvalue weighted by Crippen LogP contribution is 2.35. The molecule has 2 N–H and O–H groups in total. The third-order valence-corrected chi connectivity index (χ3v) is 5.36. The van der Waals surface area contributed by atoms with Crippen molar-refractivity contribution in [2.45, 2.75) is 45.6 Å². The lowest BCUT2D eigenvalue weighted by molar-refractivity contribution is 0.189. The minimum atomic E-state index is 0.353. The lowest BCUT2D eigenvalue weighted by Crippen LogP contribution is -2.38. The van der Waals surface area contributed by atoms with Gasteiger partial charge in [-0.1, -0.05) is 19.9 Å². The number of nitrogens with two attached hydrogens (primary N) is 1. The summed E-state index contributed by atoms with van der Waals surface area (Å²) in [4.78, 5) is 0. The Morgan fingerprint density at radius 1 is 1.35 bits per heavy atom. The second-order valence-electron chi connectivity index (χ2n) is 6.41. The Morgan fingerprint density at radius 3 is 2.70 bits per heavy atom. The maximum absolute atomic E-state index is 6.35. The summed E-state index contributed by atoms with van der Waals surface area (Å²) < 4.78 is 6.32. The second kappa shape index (κ2) is 6.95. The molecule has 0 spiro atoms. The van der Waals surface area contributed by atoms with E-state index in [9.17, 15) is 0 Å². The Bertz CT molecular complexity index is 447. The fourth-order valence-corrected chi connectivity index (χ4v) is 3.89. The topological polar surface area (TPSA) is 35.2 Å². The van der Waals surface area contributed by atoms with Crippen LogP contribution in [0, 0.1) is 17.8 Å². The molecule has 20 heavy (non-hydrogen) atoms. The molecule has 2 rings (SSSR count). The van der Waals surface area contributed by atoms with E-state index < -0.39 is 0 Å². The van der Waals surface area contributed by atoms with E-state index in [0.29, 0.717) is 12.0 Å². The molecule has 0 heterocycles. The summed E-state index contributed by atoms with van der Waals surface area (Å²) >= 11 is 3.57. The zero-order valence-electron chi connectivity index (χ0n) is 12.7. The van der Waals surface area contributed by atoms with Gasteiger partial charge in [-0.2, -0.15) is 0 Å². The Balaban J connectivity index is 2.05. The van der Waals surface area contributed by atoms with Crippen molar-refractivity contribution in [1.82, 2.24) is 0 Å². The summed E-state index contributed by atoms with van der Waals surface area (Å²) in [6.45, 7) is 4.67. The van der Waals surface area contributed by atoms with Gasteiger partial charge in [-0.05, 0) is 77.1 Å². The Morgan fingerprint density at radius 2 is 2.10 bits per heavy atom. The van der Waals surface area contributed by atoms with Gasteiger partial charge < -0.3 is 10.5 Å². The smallest absolute Gasteiger partial charge is 0.133 e. The highest BCUT2D eigenvalue weighted by atomic mass is 79.9. The molecule has 1 aliphatic rings. The largest absolute Gasteiger partial charge is 0.496 e. The molecule has 3 atom stereocenters.